The number of aliphatic carboxylic acids is 1. The van der Waals surface area contributed by atoms with E-state index in [9.17, 15) is 9.59 Å². The van der Waals surface area contributed by atoms with Gasteiger partial charge >= 0.3 is 12.0 Å². The van der Waals surface area contributed by atoms with E-state index in [1.54, 1.807) is 19.4 Å². The van der Waals surface area contributed by atoms with Gasteiger partial charge in [0.2, 0.25) is 0 Å². The molecule has 0 aliphatic rings. The summed E-state index contributed by atoms with van der Waals surface area (Å²) < 4.78 is 0. The first-order chi connectivity index (χ1) is 9.52. The summed E-state index contributed by atoms with van der Waals surface area (Å²) in [6.45, 7) is 2.39. The molecule has 0 radical (unpaired) electrons. The number of carbonyl (C=O) groups excluding carboxylic acids is 1. The molecule has 110 valence electrons. The number of hydrogen-bond acceptors (Lipinski definition) is 3. The average molecular weight is 279 g/mol. The summed E-state index contributed by atoms with van der Waals surface area (Å²) in [5.41, 5.74) is 0.926. The van der Waals surface area contributed by atoms with Crippen molar-refractivity contribution >= 4 is 12.0 Å². The molecule has 1 aromatic heterocycles. The van der Waals surface area contributed by atoms with Crippen molar-refractivity contribution in [2.24, 2.45) is 0 Å². The summed E-state index contributed by atoms with van der Waals surface area (Å²) in [4.78, 5) is 28.3. The zero-order valence-corrected chi connectivity index (χ0v) is 11.9. The molecule has 0 bridgehead atoms. The third-order valence-electron chi connectivity index (χ3n) is 2.87. The second-order valence-electron chi connectivity index (χ2n) is 4.75. The minimum atomic E-state index is -0.904. The van der Waals surface area contributed by atoms with Crippen LogP contribution in [0.15, 0.2) is 24.5 Å². The Morgan fingerprint density at radius 3 is 2.80 bits per heavy atom. The topological polar surface area (TPSA) is 82.5 Å². The fourth-order valence-electron chi connectivity index (χ4n) is 1.91. The van der Waals surface area contributed by atoms with E-state index in [-0.39, 0.29) is 18.5 Å². The van der Waals surface area contributed by atoms with Gasteiger partial charge in [-0.25, -0.2) is 4.79 Å². The molecule has 1 aromatic rings. The Bertz CT molecular complexity index is 437. The van der Waals surface area contributed by atoms with Crippen LogP contribution in [0.2, 0.25) is 0 Å². The van der Waals surface area contributed by atoms with Gasteiger partial charge in [-0.2, -0.15) is 0 Å². The van der Waals surface area contributed by atoms with Gasteiger partial charge in [-0.15, -0.1) is 0 Å². The number of urea groups is 1. The summed E-state index contributed by atoms with van der Waals surface area (Å²) in [6, 6.07) is 3.10. The van der Waals surface area contributed by atoms with Crippen LogP contribution in [0.5, 0.6) is 0 Å². The number of aromatic nitrogens is 1. The van der Waals surface area contributed by atoms with Crippen LogP contribution in [0, 0.1) is 0 Å². The SMILES string of the molecule is CCCC(CC(=O)O)NC(=O)N(C)Cc1cccnc1. The number of carbonyl (C=O) groups is 2. The van der Waals surface area contributed by atoms with Gasteiger partial charge < -0.3 is 15.3 Å². The first-order valence-electron chi connectivity index (χ1n) is 6.65. The predicted molar refractivity (Wildman–Crippen MR) is 75.2 cm³/mol. The molecule has 0 spiro atoms. The van der Waals surface area contributed by atoms with Gasteiger partial charge in [-0.1, -0.05) is 19.4 Å². The second-order valence-corrected chi connectivity index (χ2v) is 4.75. The van der Waals surface area contributed by atoms with Crippen LogP contribution < -0.4 is 5.32 Å². The van der Waals surface area contributed by atoms with Gasteiger partial charge in [-0.05, 0) is 18.1 Å². The maximum Gasteiger partial charge on any atom is 0.317 e. The molecule has 0 fully saturated rings. The van der Waals surface area contributed by atoms with Crippen LogP contribution in [0.4, 0.5) is 4.79 Å². The molecule has 2 amide bonds. The zero-order valence-electron chi connectivity index (χ0n) is 11.9. The lowest BCUT2D eigenvalue weighted by molar-refractivity contribution is -0.137. The molecular formula is C14H21N3O3. The van der Waals surface area contributed by atoms with E-state index in [4.69, 9.17) is 5.11 Å². The van der Waals surface area contributed by atoms with Crippen LogP contribution in [0.1, 0.15) is 31.7 Å². The highest BCUT2D eigenvalue weighted by Crippen LogP contribution is 2.05. The van der Waals surface area contributed by atoms with E-state index in [0.717, 1.165) is 12.0 Å². The molecule has 2 N–H and O–H groups in total. The maximum atomic E-state index is 12.0. The van der Waals surface area contributed by atoms with Gasteiger partial charge in [-0.3, -0.25) is 9.78 Å². The fraction of sp³-hybridized carbons (Fsp3) is 0.500. The van der Waals surface area contributed by atoms with E-state index in [0.29, 0.717) is 13.0 Å². The largest absolute Gasteiger partial charge is 0.481 e. The van der Waals surface area contributed by atoms with Gasteiger partial charge in [0, 0.05) is 32.0 Å². The molecule has 0 saturated heterocycles. The molecule has 0 saturated carbocycles. The minimum Gasteiger partial charge on any atom is -0.481 e. The first-order valence-corrected chi connectivity index (χ1v) is 6.65. The lowest BCUT2D eigenvalue weighted by atomic mass is 10.1. The quantitative estimate of drug-likeness (QED) is 0.798. The van der Waals surface area contributed by atoms with Crippen LogP contribution >= 0.6 is 0 Å². The lowest BCUT2D eigenvalue weighted by Gasteiger charge is -2.22. The second kappa shape index (κ2) is 8.14. The van der Waals surface area contributed by atoms with Crippen LogP contribution in [-0.4, -0.2) is 40.1 Å². The number of hydrogen-bond donors (Lipinski definition) is 2. The molecule has 1 heterocycles. The van der Waals surface area contributed by atoms with E-state index in [1.807, 2.05) is 19.1 Å². The lowest BCUT2D eigenvalue weighted by Crippen LogP contribution is -2.43. The third-order valence-corrected chi connectivity index (χ3v) is 2.87. The number of nitrogens with one attached hydrogen (secondary N) is 1. The highest BCUT2D eigenvalue weighted by molar-refractivity contribution is 5.75. The van der Waals surface area contributed by atoms with Crippen LogP contribution in [0.25, 0.3) is 0 Å². The summed E-state index contributed by atoms with van der Waals surface area (Å²) in [5, 5.41) is 11.6. The maximum absolute atomic E-state index is 12.0. The van der Waals surface area contributed by atoms with Crippen LogP contribution in [-0.2, 0) is 11.3 Å². The summed E-state index contributed by atoms with van der Waals surface area (Å²) in [5.74, 6) is -0.904. The Balaban J connectivity index is 2.52. The first kappa shape index (κ1) is 15.9. The molecule has 0 aliphatic heterocycles. The van der Waals surface area contributed by atoms with E-state index < -0.39 is 5.97 Å². The number of pyridine rings is 1. The molecule has 6 heteroatoms. The van der Waals surface area contributed by atoms with E-state index in [2.05, 4.69) is 10.3 Å². The predicted octanol–water partition coefficient (Wildman–Crippen LogP) is 1.87. The van der Waals surface area contributed by atoms with Crippen molar-refractivity contribution in [1.82, 2.24) is 15.2 Å². The van der Waals surface area contributed by atoms with E-state index in [1.165, 1.54) is 4.90 Å². The molecule has 1 atom stereocenters. The van der Waals surface area contributed by atoms with Crippen LogP contribution in [0.3, 0.4) is 0 Å². The number of nitrogens with zero attached hydrogens (tertiary/aromatic N) is 2. The summed E-state index contributed by atoms with van der Waals surface area (Å²) in [7, 11) is 1.67. The van der Waals surface area contributed by atoms with Crippen molar-refractivity contribution in [3.63, 3.8) is 0 Å². The number of carboxylic acid groups (broad SMARTS) is 1. The Labute approximate surface area is 118 Å². The molecular weight excluding hydrogens is 258 g/mol. The van der Waals surface area contributed by atoms with Crippen molar-refractivity contribution in [1.29, 1.82) is 0 Å². The smallest absolute Gasteiger partial charge is 0.317 e. The van der Waals surface area contributed by atoms with Crippen molar-refractivity contribution in [3.8, 4) is 0 Å². The van der Waals surface area contributed by atoms with Crippen molar-refractivity contribution < 1.29 is 14.7 Å². The fourth-order valence-corrected chi connectivity index (χ4v) is 1.91. The zero-order chi connectivity index (χ0) is 15.0. The Kier molecular flexibility index (Phi) is 6.49. The number of carboxylic acids is 1. The monoisotopic (exact) mass is 279 g/mol. The third kappa shape index (κ3) is 5.69. The summed E-state index contributed by atoms with van der Waals surface area (Å²) >= 11 is 0. The molecule has 6 nitrogen and oxygen atoms in total. The van der Waals surface area contributed by atoms with Crippen molar-refractivity contribution in [3.05, 3.63) is 30.1 Å². The molecule has 1 unspecified atom stereocenters. The summed E-state index contributed by atoms with van der Waals surface area (Å²) in [6.07, 6.45) is 4.79. The number of rotatable bonds is 7. The van der Waals surface area contributed by atoms with E-state index >= 15 is 0 Å². The molecule has 20 heavy (non-hydrogen) atoms. The molecule has 1 rings (SSSR count). The number of amides is 2. The Hall–Kier alpha value is -2.11. The minimum absolute atomic E-state index is 0.0552. The average Bonchev–Trinajstić information content (AvgIpc) is 2.39. The normalized spacial score (nSPS) is 11.7. The Morgan fingerprint density at radius 1 is 1.50 bits per heavy atom. The highest BCUT2D eigenvalue weighted by atomic mass is 16.4. The standard InChI is InChI=1S/C14H21N3O3/c1-3-5-12(8-13(18)19)16-14(20)17(2)10-11-6-4-7-15-9-11/h4,6-7,9,12H,3,5,8,10H2,1-2H3,(H,16,20)(H,18,19). The van der Waals surface area contributed by atoms with Gasteiger partial charge in [0.15, 0.2) is 0 Å². The van der Waals surface area contributed by atoms with Gasteiger partial charge in [0.25, 0.3) is 0 Å². The van der Waals surface area contributed by atoms with Crippen molar-refractivity contribution in [2.75, 3.05) is 7.05 Å². The Morgan fingerprint density at radius 2 is 2.25 bits per heavy atom. The van der Waals surface area contributed by atoms with Gasteiger partial charge in [0.05, 0.1) is 6.42 Å². The van der Waals surface area contributed by atoms with Crippen molar-refractivity contribution in [2.45, 2.75) is 38.8 Å². The molecule has 0 aliphatic carbocycles. The highest BCUT2D eigenvalue weighted by Gasteiger charge is 2.17. The van der Waals surface area contributed by atoms with Gasteiger partial charge in [0.1, 0.15) is 0 Å². The molecule has 0 aromatic carbocycles.